The molecule has 0 radical (unpaired) electrons. The molecule has 0 aliphatic rings. The number of non-ortho nitro benzene ring substituents is 1. The van der Waals surface area contributed by atoms with E-state index in [2.05, 4.69) is 15.4 Å². The van der Waals surface area contributed by atoms with Crippen LogP contribution in [-0.2, 0) is 4.79 Å². The Hall–Kier alpha value is -3.10. The number of Topliss-reactive ketones (excluding diaryl/α,β-unsaturated/α-hetero) is 1. The molecule has 1 N–H and O–H groups in total. The summed E-state index contributed by atoms with van der Waals surface area (Å²) in [7, 11) is 0. The molecular weight excluding hydrogens is 278 g/mol. The molecule has 108 valence electrons. The quantitative estimate of drug-likeness (QED) is 0.391. The lowest BCUT2D eigenvalue weighted by molar-refractivity contribution is -0.384. The predicted molar refractivity (Wildman–Crippen MR) is 71.8 cm³/mol. The van der Waals surface area contributed by atoms with Crippen LogP contribution in [0.15, 0.2) is 29.4 Å². The van der Waals surface area contributed by atoms with Gasteiger partial charge in [0.15, 0.2) is 11.5 Å². The Morgan fingerprint density at radius 3 is 2.43 bits per heavy atom. The first-order chi connectivity index (χ1) is 9.93. The Morgan fingerprint density at radius 1 is 1.33 bits per heavy atom. The molecule has 9 heteroatoms. The fraction of sp³-hybridized carbons (Fsp3) is 0.167. The number of nitrogens with zero attached hydrogens (tertiary/aromatic N) is 5. The minimum Gasteiger partial charge on any atom is -0.410 e. The van der Waals surface area contributed by atoms with Gasteiger partial charge in [-0.25, -0.2) is 0 Å². The first-order valence-corrected chi connectivity index (χ1v) is 5.86. The molecule has 1 heterocycles. The van der Waals surface area contributed by atoms with Crippen molar-refractivity contribution < 1.29 is 14.9 Å². The third-order valence-corrected chi connectivity index (χ3v) is 2.73. The lowest BCUT2D eigenvalue weighted by atomic mass is 10.2. The number of ketones is 1. The molecule has 0 unspecified atom stereocenters. The summed E-state index contributed by atoms with van der Waals surface area (Å²) in [5.74, 6) is -0.448. The van der Waals surface area contributed by atoms with Gasteiger partial charge >= 0.3 is 0 Å². The van der Waals surface area contributed by atoms with Crippen LogP contribution in [0.25, 0.3) is 5.69 Å². The number of nitro benzene ring substituents is 1. The van der Waals surface area contributed by atoms with Crippen molar-refractivity contribution >= 4 is 17.2 Å². The van der Waals surface area contributed by atoms with Crippen LogP contribution in [0.3, 0.4) is 0 Å². The second kappa shape index (κ2) is 5.49. The number of oxime groups is 1. The van der Waals surface area contributed by atoms with E-state index in [1.54, 1.807) is 6.92 Å². The van der Waals surface area contributed by atoms with E-state index in [-0.39, 0.29) is 17.1 Å². The number of hydrogen-bond donors (Lipinski definition) is 1. The number of rotatable bonds is 4. The maximum atomic E-state index is 11.4. The van der Waals surface area contributed by atoms with Gasteiger partial charge in [-0.3, -0.25) is 14.9 Å². The molecule has 2 rings (SSSR count). The topological polar surface area (TPSA) is 124 Å². The van der Waals surface area contributed by atoms with Crippen molar-refractivity contribution in [3.05, 3.63) is 45.8 Å². The van der Waals surface area contributed by atoms with Crippen molar-refractivity contribution in [2.24, 2.45) is 5.16 Å². The molecule has 0 saturated heterocycles. The first kappa shape index (κ1) is 14.3. The van der Waals surface area contributed by atoms with E-state index < -0.39 is 10.7 Å². The monoisotopic (exact) mass is 289 g/mol. The van der Waals surface area contributed by atoms with Crippen molar-refractivity contribution in [2.75, 3.05) is 0 Å². The third-order valence-electron chi connectivity index (χ3n) is 2.73. The average molecular weight is 289 g/mol. The second-order valence-electron chi connectivity index (χ2n) is 4.20. The van der Waals surface area contributed by atoms with Crippen LogP contribution in [0.2, 0.25) is 0 Å². The fourth-order valence-electron chi connectivity index (χ4n) is 1.71. The number of benzene rings is 1. The second-order valence-corrected chi connectivity index (χ2v) is 4.20. The van der Waals surface area contributed by atoms with Gasteiger partial charge in [0.05, 0.1) is 16.3 Å². The highest BCUT2D eigenvalue weighted by Crippen LogP contribution is 2.15. The lowest BCUT2D eigenvalue weighted by Gasteiger charge is -1.98. The number of aryl methyl sites for hydroxylation is 1. The van der Waals surface area contributed by atoms with Gasteiger partial charge in [-0.1, -0.05) is 5.16 Å². The van der Waals surface area contributed by atoms with E-state index in [1.165, 1.54) is 36.0 Å². The van der Waals surface area contributed by atoms with Crippen molar-refractivity contribution in [1.29, 1.82) is 0 Å². The summed E-state index contributed by atoms with van der Waals surface area (Å²) in [4.78, 5) is 22.6. The van der Waals surface area contributed by atoms with E-state index >= 15 is 0 Å². The highest BCUT2D eigenvalue weighted by Gasteiger charge is 2.19. The Kier molecular flexibility index (Phi) is 3.74. The average Bonchev–Trinajstić information content (AvgIpc) is 2.81. The lowest BCUT2D eigenvalue weighted by Crippen LogP contribution is -2.14. The van der Waals surface area contributed by atoms with Crippen LogP contribution in [0, 0.1) is 17.0 Å². The Bertz CT molecular complexity index is 733. The maximum absolute atomic E-state index is 11.4. The molecule has 0 aliphatic heterocycles. The largest absolute Gasteiger partial charge is 0.410 e. The minimum absolute atomic E-state index is 0.0517. The maximum Gasteiger partial charge on any atom is 0.269 e. The zero-order chi connectivity index (χ0) is 15.6. The zero-order valence-electron chi connectivity index (χ0n) is 11.2. The van der Waals surface area contributed by atoms with Gasteiger partial charge in [0, 0.05) is 19.1 Å². The van der Waals surface area contributed by atoms with Crippen LogP contribution < -0.4 is 0 Å². The van der Waals surface area contributed by atoms with Crippen LogP contribution in [-0.4, -0.2) is 36.6 Å². The molecule has 21 heavy (non-hydrogen) atoms. The SMILES string of the molecule is CC(=O)/C(=N\O)c1nn(-c2ccc([N+](=O)[O-])cc2)nc1C. The highest BCUT2D eigenvalue weighted by molar-refractivity contribution is 6.44. The molecular formula is C12H11N5O4. The summed E-state index contributed by atoms with van der Waals surface area (Å²) in [6.07, 6.45) is 0. The van der Waals surface area contributed by atoms with Crippen molar-refractivity contribution in [2.45, 2.75) is 13.8 Å². The fourth-order valence-corrected chi connectivity index (χ4v) is 1.71. The summed E-state index contributed by atoms with van der Waals surface area (Å²) in [5.41, 5.74) is 0.792. The van der Waals surface area contributed by atoms with Crippen molar-refractivity contribution in [3.8, 4) is 5.69 Å². The Labute approximate surface area is 118 Å². The third kappa shape index (κ3) is 2.76. The van der Waals surface area contributed by atoms with Gasteiger partial charge in [0.2, 0.25) is 0 Å². The molecule has 0 atom stereocenters. The van der Waals surface area contributed by atoms with Crippen LogP contribution in [0.4, 0.5) is 5.69 Å². The summed E-state index contributed by atoms with van der Waals surface area (Å²) < 4.78 is 0. The van der Waals surface area contributed by atoms with Crippen molar-refractivity contribution in [1.82, 2.24) is 15.0 Å². The summed E-state index contributed by atoms with van der Waals surface area (Å²) in [6.45, 7) is 2.86. The zero-order valence-corrected chi connectivity index (χ0v) is 11.2. The standard InChI is InChI=1S/C12H11N5O4/c1-7-11(12(15-19)8(2)18)14-16(13-7)9-3-5-10(6-4-9)17(20)21/h3-6,19H,1-2H3/b15-12+. The van der Waals surface area contributed by atoms with Gasteiger partial charge in [-0.2, -0.15) is 9.90 Å². The molecule has 1 aromatic carbocycles. The van der Waals surface area contributed by atoms with Crippen LogP contribution in [0.5, 0.6) is 0 Å². The van der Waals surface area contributed by atoms with E-state index in [4.69, 9.17) is 5.21 Å². The summed E-state index contributed by atoms with van der Waals surface area (Å²) >= 11 is 0. The van der Waals surface area contributed by atoms with Crippen LogP contribution >= 0.6 is 0 Å². The number of nitro groups is 1. The predicted octanol–water partition coefficient (Wildman–Crippen LogP) is 1.25. The normalized spacial score (nSPS) is 11.4. The van der Waals surface area contributed by atoms with E-state index in [0.29, 0.717) is 11.4 Å². The number of hydrogen-bond acceptors (Lipinski definition) is 7. The summed E-state index contributed by atoms with van der Waals surface area (Å²) in [6, 6.07) is 5.59. The Balaban J connectivity index is 2.43. The van der Waals surface area contributed by atoms with Gasteiger partial charge in [-0.15, -0.1) is 5.10 Å². The summed E-state index contributed by atoms with van der Waals surface area (Å²) in [5, 5.41) is 30.6. The Morgan fingerprint density at radius 2 is 1.95 bits per heavy atom. The van der Waals surface area contributed by atoms with E-state index in [9.17, 15) is 14.9 Å². The molecule has 0 aliphatic carbocycles. The van der Waals surface area contributed by atoms with Gasteiger partial charge < -0.3 is 5.21 Å². The first-order valence-electron chi connectivity index (χ1n) is 5.86. The molecule has 0 amide bonds. The molecule has 0 fully saturated rings. The molecule has 0 saturated carbocycles. The van der Waals surface area contributed by atoms with E-state index in [1.807, 2.05) is 0 Å². The molecule has 0 spiro atoms. The molecule has 2 aromatic rings. The minimum atomic E-state index is -0.511. The molecule has 9 nitrogen and oxygen atoms in total. The van der Waals surface area contributed by atoms with E-state index in [0.717, 1.165) is 0 Å². The number of carbonyl (C=O) groups excluding carboxylic acids is 1. The highest BCUT2D eigenvalue weighted by atomic mass is 16.6. The number of carbonyl (C=O) groups is 1. The molecule has 1 aromatic heterocycles. The van der Waals surface area contributed by atoms with Gasteiger partial charge in [-0.05, 0) is 19.1 Å². The van der Waals surface area contributed by atoms with Crippen LogP contribution in [0.1, 0.15) is 18.3 Å². The number of aromatic nitrogens is 3. The smallest absolute Gasteiger partial charge is 0.269 e. The van der Waals surface area contributed by atoms with Gasteiger partial charge in [0.25, 0.3) is 5.69 Å². The van der Waals surface area contributed by atoms with Crippen molar-refractivity contribution in [3.63, 3.8) is 0 Å². The molecule has 0 bridgehead atoms. The van der Waals surface area contributed by atoms with Gasteiger partial charge in [0.1, 0.15) is 5.69 Å².